The molecule has 0 amide bonds. The lowest BCUT2D eigenvalue weighted by atomic mass is 9.81. The standard InChI is InChI=1S/C16H25N/c1-12-9-10-15(11-13(12)2)16(17-3)14-7-5-4-6-8-14/h9-11,14,16-17H,4-8H2,1-3H3. The van der Waals surface area contributed by atoms with Crippen molar-refractivity contribution in [1.29, 1.82) is 0 Å². The molecule has 1 aliphatic carbocycles. The van der Waals surface area contributed by atoms with Gasteiger partial charge in [0.25, 0.3) is 0 Å². The van der Waals surface area contributed by atoms with E-state index in [2.05, 4.69) is 44.4 Å². The van der Waals surface area contributed by atoms with Gasteiger partial charge in [0.05, 0.1) is 0 Å². The molecule has 17 heavy (non-hydrogen) atoms. The molecule has 0 aliphatic heterocycles. The molecule has 1 fully saturated rings. The van der Waals surface area contributed by atoms with Crippen molar-refractivity contribution in [2.75, 3.05) is 7.05 Å². The van der Waals surface area contributed by atoms with Gasteiger partial charge in [-0.3, -0.25) is 0 Å². The Labute approximate surface area is 106 Å². The Hall–Kier alpha value is -0.820. The lowest BCUT2D eigenvalue weighted by molar-refractivity contribution is 0.281. The minimum absolute atomic E-state index is 0.551. The summed E-state index contributed by atoms with van der Waals surface area (Å²) in [6, 6.07) is 7.48. The van der Waals surface area contributed by atoms with E-state index in [4.69, 9.17) is 0 Å². The van der Waals surface area contributed by atoms with Crippen LogP contribution in [0.4, 0.5) is 0 Å². The van der Waals surface area contributed by atoms with Gasteiger partial charge in [0.15, 0.2) is 0 Å². The fraction of sp³-hybridized carbons (Fsp3) is 0.625. The fourth-order valence-electron chi connectivity index (χ4n) is 3.10. The second-order valence-electron chi connectivity index (χ2n) is 5.51. The van der Waals surface area contributed by atoms with Crippen LogP contribution in [-0.4, -0.2) is 7.05 Å². The second kappa shape index (κ2) is 5.68. The van der Waals surface area contributed by atoms with Crippen LogP contribution in [0.5, 0.6) is 0 Å². The van der Waals surface area contributed by atoms with Gasteiger partial charge < -0.3 is 5.32 Å². The van der Waals surface area contributed by atoms with E-state index in [1.165, 1.54) is 48.8 Å². The highest BCUT2D eigenvalue weighted by molar-refractivity contribution is 5.32. The third-order valence-electron chi connectivity index (χ3n) is 4.32. The van der Waals surface area contributed by atoms with Crippen LogP contribution in [0.2, 0.25) is 0 Å². The largest absolute Gasteiger partial charge is 0.313 e. The van der Waals surface area contributed by atoms with Crippen LogP contribution in [0.1, 0.15) is 54.8 Å². The number of benzene rings is 1. The van der Waals surface area contributed by atoms with Crippen molar-refractivity contribution in [1.82, 2.24) is 5.32 Å². The number of rotatable bonds is 3. The average Bonchev–Trinajstić information content (AvgIpc) is 2.36. The summed E-state index contributed by atoms with van der Waals surface area (Å²) in [7, 11) is 2.11. The molecular weight excluding hydrogens is 206 g/mol. The molecule has 1 saturated carbocycles. The first-order chi connectivity index (χ1) is 8.22. The van der Waals surface area contributed by atoms with E-state index in [-0.39, 0.29) is 0 Å². The van der Waals surface area contributed by atoms with Gasteiger partial charge in [-0.05, 0) is 56.3 Å². The SMILES string of the molecule is CNC(c1ccc(C)c(C)c1)C1CCCCC1. The summed E-state index contributed by atoms with van der Waals surface area (Å²) in [5.41, 5.74) is 4.29. The summed E-state index contributed by atoms with van der Waals surface area (Å²) >= 11 is 0. The van der Waals surface area contributed by atoms with Gasteiger partial charge in [-0.25, -0.2) is 0 Å². The number of aryl methyl sites for hydroxylation is 2. The van der Waals surface area contributed by atoms with Crippen LogP contribution < -0.4 is 5.32 Å². The summed E-state index contributed by atoms with van der Waals surface area (Å²) in [4.78, 5) is 0. The molecule has 94 valence electrons. The highest BCUT2D eigenvalue weighted by Crippen LogP contribution is 2.34. The van der Waals surface area contributed by atoms with Gasteiger partial charge in [-0.1, -0.05) is 37.5 Å². The Morgan fingerprint density at radius 2 is 1.76 bits per heavy atom. The smallest absolute Gasteiger partial charge is 0.0346 e. The molecule has 1 aromatic rings. The zero-order valence-electron chi connectivity index (χ0n) is 11.4. The number of nitrogens with one attached hydrogen (secondary N) is 1. The highest BCUT2D eigenvalue weighted by atomic mass is 14.9. The molecule has 0 spiro atoms. The maximum Gasteiger partial charge on any atom is 0.0346 e. The molecule has 1 N–H and O–H groups in total. The first kappa shape index (κ1) is 12.6. The van der Waals surface area contributed by atoms with Gasteiger partial charge in [0.1, 0.15) is 0 Å². The van der Waals surface area contributed by atoms with Gasteiger partial charge in [-0.15, -0.1) is 0 Å². The monoisotopic (exact) mass is 231 g/mol. The molecule has 0 heterocycles. The summed E-state index contributed by atoms with van der Waals surface area (Å²) < 4.78 is 0. The minimum atomic E-state index is 0.551. The fourth-order valence-corrected chi connectivity index (χ4v) is 3.10. The van der Waals surface area contributed by atoms with Crippen LogP contribution in [0.25, 0.3) is 0 Å². The summed E-state index contributed by atoms with van der Waals surface area (Å²) in [6.07, 6.45) is 7.03. The van der Waals surface area contributed by atoms with E-state index in [0.717, 1.165) is 5.92 Å². The molecule has 1 aromatic carbocycles. The molecule has 1 nitrogen and oxygen atoms in total. The van der Waals surface area contributed by atoms with Crippen LogP contribution >= 0.6 is 0 Å². The molecule has 0 aromatic heterocycles. The third-order valence-corrected chi connectivity index (χ3v) is 4.32. The van der Waals surface area contributed by atoms with E-state index in [0.29, 0.717) is 6.04 Å². The van der Waals surface area contributed by atoms with Crippen molar-refractivity contribution >= 4 is 0 Å². The van der Waals surface area contributed by atoms with Gasteiger partial charge in [0.2, 0.25) is 0 Å². The predicted octanol–water partition coefficient (Wildman–Crippen LogP) is 4.14. The Kier molecular flexibility index (Phi) is 4.22. The molecule has 0 radical (unpaired) electrons. The third kappa shape index (κ3) is 2.90. The lowest BCUT2D eigenvalue weighted by Gasteiger charge is -2.30. The van der Waals surface area contributed by atoms with Crippen LogP contribution in [0.15, 0.2) is 18.2 Å². The van der Waals surface area contributed by atoms with Crippen LogP contribution in [0, 0.1) is 19.8 Å². The van der Waals surface area contributed by atoms with Crippen molar-refractivity contribution in [2.45, 2.75) is 52.0 Å². The molecule has 1 unspecified atom stereocenters. The average molecular weight is 231 g/mol. The van der Waals surface area contributed by atoms with Crippen molar-refractivity contribution in [3.8, 4) is 0 Å². The van der Waals surface area contributed by atoms with Gasteiger partial charge in [0, 0.05) is 6.04 Å². The Bertz CT molecular complexity index is 364. The van der Waals surface area contributed by atoms with Crippen LogP contribution in [0.3, 0.4) is 0 Å². The molecule has 1 atom stereocenters. The summed E-state index contributed by atoms with van der Waals surface area (Å²) in [5, 5.41) is 3.53. The Morgan fingerprint density at radius 3 is 2.35 bits per heavy atom. The molecule has 1 heteroatoms. The van der Waals surface area contributed by atoms with Crippen molar-refractivity contribution in [3.05, 3.63) is 34.9 Å². The normalized spacial score (nSPS) is 19.2. The number of hydrogen-bond donors (Lipinski definition) is 1. The van der Waals surface area contributed by atoms with Crippen molar-refractivity contribution in [2.24, 2.45) is 5.92 Å². The maximum absolute atomic E-state index is 3.53. The van der Waals surface area contributed by atoms with E-state index in [1.807, 2.05) is 0 Å². The van der Waals surface area contributed by atoms with Crippen molar-refractivity contribution in [3.63, 3.8) is 0 Å². The van der Waals surface area contributed by atoms with E-state index < -0.39 is 0 Å². The molecular formula is C16H25N. The van der Waals surface area contributed by atoms with Gasteiger partial charge in [-0.2, -0.15) is 0 Å². The van der Waals surface area contributed by atoms with Crippen LogP contribution in [-0.2, 0) is 0 Å². The van der Waals surface area contributed by atoms with E-state index >= 15 is 0 Å². The lowest BCUT2D eigenvalue weighted by Crippen LogP contribution is -2.27. The highest BCUT2D eigenvalue weighted by Gasteiger charge is 2.23. The summed E-state index contributed by atoms with van der Waals surface area (Å²) in [5.74, 6) is 0.829. The van der Waals surface area contributed by atoms with E-state index in [9.17, 15) is 0 Å². The molecule has 1 aliphatic rings. The second-order valence-corrected chi connectivity index (χ2v) is 5.51. The van der Waals surface area contributed by atoms with Gasteiger partial charge >= 0.3 is 0 Å². The number of hydrogen-bond acceptors (Lipinski definition) is 1. The quantitative estimate of drug-likeness (QED) is 0.824. The van der Waals surface area contributed by atoms with E-state index in [1.54, 1.807) is 0 Å². The molecule has 0 bridgehead atoms. The zero-order chi connectivity index (χ0) is 12.3. The zero-order valence-corrected chi connectivity index (χ0v) is 11.4. The summed E-state index contributed by atoms with van der Waals surface area (Å²) in [6.45, 7) is 4.40. The molecule has 0 saturated heterocycles. The first-order valence-corrected chi connectivity index (χ1v) is 6.97. The first-order valence-electron chi connectivity index (χ1n) is 6.97. The minimum Gasteiger partial charge on any atom is -0.313 e. The topological polar surface area (TPSA) is 12.0 Å². The predicted molar refractivity (Wildman–Crippen MR) is 74.3 cm³/mol. The molecule has 2 rings (SSSR count). The Morgan fingerprint density at radius 1 is 1.06 bits per heavy atom. The maximum atomic E-state index is 3.53. The van der Waals surface area contributed by atoms with Crippen molar-refractivity contribution < 1.29 is 0 Å². The Balaban J connectivity index is 2.18.